The third-order valence-electron chi connectivity index (χ3n) is 4.12. The molecule has 0 radical (unpaired) electrons. The molecule has 0 saturated carbocycles. The topological polar surface area (TPSA) is 44.8 Å². The molecule has 1 aromatic carbocycles. The summed E-state index contributed by atoms with van der Waals surface area (Å²) in [5.74, 6) is 0. The van der Waals surface area contributed by atoms with Crippen molar-refractivity contribution in [2.24, 2.45) is 0 Å². The van der Waals surface area contributed by atoms with Crippen molar-refractivity contribution in [2.45, 2.75) is 12.5 Å². The number of nitrogens with one attached hydrogen (secondary N) is 1. The zero-order valence-corrected chi connectivity index (χ0v) is 11.8. The Balaban J connectivity index is 1.70. The summed E-state index contributed by atoms with van der Waals surface area (Å²) in [4.78, 5) is 15.8. The van der Waals surface area contributed by atoms with Gasteiger partial charge in [0, 0.05) is 51.9 Å². The Morgan fingerprint density at radius 1 is 1.30 bits per heavy atom. The third kappa shape index (κ3) is 2.58. The van der Waals surface area contributed by atoms with E-state index in [0.717, 1.165) is 39.1 Å². The molecule has 2 aliphatic rings. The van der Waals surface area contributed by atoms with Gasteiger partial charge in [-0.1, -0.05) is 18.2 Å². The molecule has 1 saturated heterocycles. The number of amides is 2. The Morgan fingerprint density at radius 3 is 2.85 bits per heavy atom. The highest BCUT2D eigenvalue weighted by Gasteiger charge is 2.25. The number of carbonyl (C=O) groups excluding carboxylic acids is 1. The van der Waals surface area contributed by atoms with Gasteiger partial charge in [0.25, 0.3) is 0 Å². The molecule has 1 aromatic rings. The lowest BCUT2D eigenvalue weighted by Crippen LogP contribution is -2.44. The molecule has 3 rings (SSSR count). The molecule has 2 heterocycles. The molecule has 1 atom stereocenters. The van der Waals surface area contributed by atoms with Gasteiger partial charge >= 0.3 is 6.03 Å². The third-order valence-corrected chi connectivity index (χ3v) is 4.12. The molecule has 2 amide bonds. The number of benzene rings is 1. The number of ether oxygens (including phenoxy) is 1. The Morgan fingerprint density at radius 2 is 2.10 bits per heavy atom. The van der Waals surface area contributed by atoms with Crippen LogP contribution in [0.15, 0.2) is 24.3 Å². The van der Waals surface area contributed by atoms with E-state index >= 15 is 0 Å². The number of fused-ring (bicyclic) bond motifs is 1. The molecule has 20 heavy (non-hydrogen) atoms. The maximum atomic E-state index is 11.6. The van der Waals surface area contributed by atoms with Crippen molar-refractivity contribution in [3.05, 3.63) is 29.8 Å². The maximum Gasteiger partial charge on any atom is 0.317 e. The Kier molecular flexibility index (Phi) is 3.78. The number of nitrogens with zero attached hydrogens (tertiary/aromatic N) is 2. The second-order valence-corrected chi connectivity index (χ2v) is 5.36. The SMILES string of the molecule is COC1Cc2ccccc2N(CCN2CCNC2=O)C1. The van der Waals surface area contributed by atoms with Crippen molar-refractivity contribution in [2.75, 3.05) is 44.7 Å². The van der Waals surface area contributed by atoms with E-state index in [1.807, 2.05) is 4.90 Å². The normalized spacial score (nSPS) is 21.9. The maximum absolute atomic E-state index is 11.6. The minimum absolute atomic E-state index is 0.0542. The lowest BCUT2D eigenvalue weighted by molar-refractivity contribution is 0.104. The Labute approximate surface area is 119 Å². The number of hydrogen-bond donors (Lipinski definition) is 1. The number of rotatable bonds is 4. The van der Waals surface area contributed by atoms with E-state index in [4.69, 9.17) is 4.74 Å². The van der Waals surface area contributed by atoms with Crippen LogP contribution in [0.25, 0.3) is 0 Å². The summed E-state index contributed by atoms with van der Waals surface area (Å²) >= 11 is 0. The van der Waals surface area contributed by atoms with Crippen LogP contribution in [-0.4, -0.2) is 56.9 Å². The minimum Gasteiger partial charge on any atom is -0.379 e. The number of carbonyl (C=O) groups is 1. The minimum atomic E-state index is 0.0542. The lowest BCUT2D eigenvalue weighted by Gasteiger charge is -2.36. The van der Waals surface area contributed by atoms with Gasteiger partial charge in [0.05, 0.1) is 6.10 Å². The van der Waals surface area contributed by atoms with E-state index < -0.39 is 0 Å². The zero-order chi connectivity index (χ0) is 13.9. The van der Waals surface area contributed by atoms with E-state index in [-0.39, 0.29) is 12.1 Å². The molecular formula is C15H21N3O2. The predicted octanol–water partition coefficient (Wildman–Crippen LogP) is 1.09. The van der Waals surface area contributed by atoms with Crippen molar-refractivity contribution in [1.29, 1.82) is 0 Å². The first-order valence-corrected chi connectivity index (χ1v) is 7.16. The smallest absolute Gasteiger partial charge is 0.317 e. The fourth-order valence-electron chi connectivity index (χ4n) is 2.98. The number of urea groups is 1. The van der Waals surface area contributed by atoms with Gasteiger partial charge in [-0.3, -0.25) is 0 Å². The number of methoxy groups -OCH3 is 1. The summed E-state index contributed by atoms with van der Waals surface area (Å²) in [6, 6.07) is 8.52. The van der Waals surface area contributed by atoms with E-state index in [9.17, 15) is 4.79 Å². The highest BCUT2D eigenvalue weighted by Crippen LogP contribution is 2.27. The van der Waals surface area contributed by atoms with Gasteiger partial charge in [-0.2, -0.15) is 0 Å². The van der Waals surface area contributed by atoms with Gasteiger partial charge in [-0.05, 0) is 11.6 Å². The summed E-state index contributed by atoms with van der Waals surface area (Å²) in [5.41, 5.74) is 2.61. The highest BCUT2D eigenvalue weighted by molar-refractivity contribution is 5.76. The molecule has 1 unspecified atom stereocenters. The highest BCUT2D eigenvalue weighted by atomic mass is 16.5. The number of hydrogen-bond acceptors (Lipinski definition) is 3. The van der Waals surface area contributed by atoms with E-state index in [0.29, 0.717) is 0 Å². The monoisotopic (exact) mass is 275 g/mol. The Bertz CT molecular complexity index is 492. The first-order valence-electron chi connectivity index (χ1n) is 7.16. The van der Waals surface area contributed by atoms with Gasteiger partial charge in [-0.25, -0.2) is 4.79 Å². The molecule has 1 fully saturated rings. The molecular weight excluding hydrogens is 254 g/mol. The van der Waals surface area contributed by atoms with Crippen LogP contribution < -0.4 is 10.2 Å². The van der Waals surface area contributed by atoms with E-state index in [2.05, 4.69) is 34.5 Å². The van der Waals surface area contributed by atoms with Crippen molar-refractivity contribution in [3.63, 3.8) is 0 Å². The molecule has 108 valence electrons. The first-order chi connectivity index (χ1) is 9.78. The summed E-state index contributed by atoms with van der Waals surface area (Å²) in [7, 11) is 1.77. The lowest BCUT2D eigenvalue weighted by atomic mass is 9.99. The molecule has 0 aliphatic carbocycles. The van der Waals surface area contributed by atoms with Gasteiger partial charge < -0.3 is 19.9 Å². The second-order valence-electron chi connectivity index (χ2n) is 5.36. The average Bonchev–Trinajstić information content (AvgIpc) is 2.89. The van der Waals surface area contributed by atoms with Crippen LogP contribution >= 0.6 is 0 Å². The molecule has 0 spiro atoms. The zero-order valence-electron chi connectivity index (χ0n) is 11.8. The van der Waals surface area contributed by atoms with Crippen LogP contribution in [-0.2, 0) is 11.2 Å². The average molecular weight is 275 g/mol. The van der Waals surface area contributed by atoms with Gasteiger partial charge in [0.15, 0.2) is 0 Å². The predicted molar refractivity (Wildman–Crippen MR) is 78.1 cm³/mol. The molecule has 1 N–H and O–H groups in total. The summed E-state index contributed by atoms with van der Waals surface area (Å²) in [6.45, 7) is 4.07. The van der Waals surface area contributed by atoms with Crippen LogP contribution in [0.5, 0.6) is 0 Å². The molecule has 5 nitrogen and oxygen atoms in total. The van der Waals surface area contributed by atoms with E-state index in [1.165, 1.54) is 11.3 Å². The van der Waals surface area contributed by atoms with Crippen LogP contribution in [0.2, 0.25) is 0 Å². The largest absolute Gasteiger partial charge is 0.379 e. The van der Waals surface area contributed by atoms with Crippen LogP contribution in [0.4, 0.5) is 10.5 Å². The quantitative estimate of drug-likeness (QED) is 0.894. The van der Waals surface area contributed by atoms with Gasteiger partial charge in [-0.15, -0.1) is 0 Å². The summed E-state index contributed by atoms with van der Waals surface area (Å²) in [6.07, 6.45) is 1.20. The Hall–Kier alpha value is -1.75. The van der Waals surface area contributed by atoms with Crippen LogP contribution in [0.3, 0.4) is 0 Å². The molecule has 5 heteroatoms. The summed E-state index contributed by atoms with van der Waals surface area (Å²) in [5, 5.41) is 2.84. The number of anilines is 1. The van der Waals surface area contributed by atoms with Crippen molar-refractivity contribution < 1.29 is 9.53 Å². The van der Waals surface area contributed by atoms with Crippen molar-refractivity contribution in [1.82, 2.24) is 10.2 Å². The van der Waals surface area contributed by atoms with Gasteiger partial charge in [0.1, 0.15) is 0 Å². The number of para-hydroxylation sites is 1. The second kappa shape index (κ2) is 5.71. The fraction of sp³-hybridized carbons (Fsp3) is 0.533. The van der Waals surface area contributed by atoms with Crippen LogP contribution in [0.1, 0.15) is 5.56 Å². The first kappa shape index (κ1) is 13.2. The summed E-state index contributed by atoms with van der Waals surface area (Å²) < 4.78 is 5.54. The molecule has 0 aromatic heterocycles. The van der Waals surface area contributed by atoms with Gasteiger partial charge in [0.2, 0.25) is 0 Å². The van der Waals surface area contributed by atoms with Crippen molar-refractivity contribution >= 4 is 11.7 Å². The van der Waals surface area contributed by atoms with E-state index in [1.54, 1.807) is 7.11 Å². The molecule has 0 bridgehead atoms. The van der Waals surface area contributed by atoms with Crippen molar-refractivity contribution in [3.8, 4) is 0 Å². The molecule has 2 aliphatic heterocycles. The fourth-order valence-corrected chi connectivity index (χ4v) is 2.98. The standard InChI is InChI=1S/C15H21N3O2/c1-20-13-10-12-4-2-3-5-14(12)18(11-13)9-8-17-7-6-16-15(17)19/h2-5,13H,6-11H2,1H3,(H,16,19). The van der Waals surface area contributed by atoms with Crippen LogP contribution in [0, 0.1) is 0 Å².